The summed E-state index contributed by atoms with van der Waals surface area (Å²) in [6.45, 7) is 9.60. The molecule has 0 radical (unpaired) electrons. The summed E-state index contributed by atoms with van der Waals surface area (Å²) in [5.74, 6) is 0. The topological polar surface area (TPSA) is 21.3 Å². The number of ether oxygens (including phenoxy) is 1. The van der Waals surface area contributed by atoms with E-state index in [4.69, 9.17) is 4.74 Å². The normalized spacial score (nSPS) is 13.0. The average Bonchev–Trinajstić information content (AvgIpc) is 2.23. The number of hydrogen-bond donors (Lipinski definition) is 1. The summed E-state index contributed by atoms with van der Waals surface area (Å²) >= 11 is 0. The van der Waals surface area contributed by atoms with Crippen LogP contribution in [0, 0.1) is 0 Å². The van der Waals surface area contributed by atoms with Gasteiger partial charge in [-0.15, -0.1) is 0 Å². The highest BCUT2D eigenvalue weighted by Crippen LogP contribution is 2.03. The Morgan fingerprint density at radius 2 is 1.73 bits per heavy atom. The minimum absolute atomic E-state index is 0.364. The van der Waals surface area contributed by atoms with E-state index in [1.807, 2.05) is 0 Å². The van der Waals surface area contributed by atoms with Gasteiger partial charge in [-0.25, -0.2) is 0 Å². The largest absolute Gasteiger partial charge is 0.377 e. The molecule has 1 N–H and O–H groups in total. The van der Waals surface area contributed by atoms with Gasteiger partial charge in [0.05, 0.1) is 6.10 Å². The van der Waals surface area contributed by atoms with Gasteiger partial charge in [-0.05, 0) is 26.3 Å². The standard InChI is InChI=1S/C13H29NO/c1-4-6-7-8-9-11-15-13(3)12-14-10-5-2/h13-14H,4-12H2,1-3H3. The van der Waals surface area contributed by atoms with Crippen molar-refractivity contribution in [1.82, 2.24) is 5.32 Å². The van der Waals surface area contributed by atoms with Crippen LogP contribution in [0.3, 0.4) is 0 Å². The van der Waals surface area contributed by atoms with Crippen LogP contribution < -0.4 is 5.32 Å². The Kier molecular flexibility index (Phi) is 11.9. The third kappa shape index (κ3) is 11.8. The summed E-state index contributed by atoms with van der Waals surface area (Å²) < 4.78 is 5.71. The molecule has 1 atom stereocenters. The maximum atomic E-state index is 5.71. The van der Waals surface area contributed by atoms with E-state index in [9.17, 15) is 0 Å². The van der Waals surface area contributed by atoms with E-state index in [0.29, 0.717) is 6.10 Å². The Labute approximate surface area is 95.8 Å². The smallest absolute Gasteiger partial charge is 0.0671 e. The van der Waals surface area contributed by atoms with Crippen LogP contribution in [0.1, 0.15) is 59.3 Å². The maximum absolute atomic E-state index is 5.71. The van der Waals surface area contributed by atoms with Crippen LogP contribution in [0.5, 0.6) is 0 Å². The highest BCUT2D eigenvalue weighted by molar-refractivity contribution is 4.54. The van der Waals surface area contributed by atoms with Crippen LogP contribution in [0.25, 0.3) is 0 Å². The zero-order valence-corrected chi connectivity index (χ0v) is 10.8. The van der Waals surface area contributed by atoms with Gasteiger partial charge in [0.15, 0.2) is 0 Å². The first-order valence-corrected chi connectivity index (χ1v) is 6.63. The highest BCUT2D eigenvalue weighted by atomic mass is 16.5. The van der Waals surface area contributed by atoms with E-state index >= 15 is 0 Å². The fourth-order valence-corrected chi connectivity index (χ4v) is 1.53. The van der Waals surface area contributed by atoms with Crippen molar-refractivity contribution in [3.63, 3.8) is 0 Å². The first-order valence-electron chi connectivity index (χ1n) is 6.63. The van der Waals surface area contributed by atoms with Crippen LogP contribution in [0.15, 0.2) is 0 Å². The van der Waals surface area contributed by atoms with E-state index in [1.54, 1.807) is 0 Å². The van der Waals surface area contributed by atoms with E-state index in [0.717, 1.165) is 19.7 Å². The van der Waals surface area contributed by atoms with Gasteiger partial charge in [0, 0.05) is 13.2 Å². The molecule has 0 aliphatic carbocycles. The molecule has 15 heavy (non-hydrogen) atoms. The van der Waals surface area contributed by atoms with Gasteiger partial charge in [0.25, 0.3) is 0 Å². The maximum Gasteiger partial charge on any atom is 0.0671 e. The molecule has 0 aromatic carbocycles. The minimum atomic E-state index is 0.364. The van der Waals surface area contributed by atoms with Crippen molar-refractivity contribution in [1.29, 1.82) is 0 Å². The molecule has 1 unspecified atom stereocenters. The lowest BCUT2D eigenvalue weighted by atomic mass is 10.2. The van der Waals surface area contributed by atoms with Crippen LogP contribution in [-0.4, -0.2) is 25.8 Å². The Morgan fingerprint density at radius 3 is 2.40 bits per heavy atom. The summed E-state index contributed by atoms with van der Waals surface area (Å²) in [6.07, 6.45) is 8.15. The quantitative estimate of drug-likeness (QED) is 0.534. The Hall–Kier alpha value is -0.0800. The predicted molar refractivity (Wildman–Crippen MR) is 67.3 cm³/mol. The lowest BCUT2D eigenvalue weighted by Crippen LogP contribution is -2.27. The molecule has 0 rings (SSSR count). The van der Waals surface area contributed by atoms with E-state index in [-0.39, 0.29) is 0 Å². The molecule has 0 amide bonds. The van der Waals surface area contributed by atoms with Crippen molar-refractivity contribution in [2.75, 3.05) is 19.7 Å². The van der Waals surface area contributed by atoms with E-state index in [2.05, 4.69) is 26.1 Å². The highest BCUT2D eigenvalue weighted by Gasteiger charge is 2.00. The van der Waals surface area contributed by atoms with Crippen molar-refractivity contribution in [3.05, 3.63) is 0 Å². The van der Waals surface area contributed by atoms with Gasteiger partial charge in [-0.2, -0.15) is 0 Å². The molecule has 2 heteroatoms. The zero-order chi connectivity index (χ0) is 11.4. The third-order valence-corrected chi connectivity index (χ3v) is 2.51. The molecule has 0 saturated heterocycles. The van der Waals surface area contributed by atoms with Gasteiger partial charge in [0.1, 0.15) is 0 Å². The van der Waals surface area contributed by atoms with Crippen molar-refractivity contribution in [3.8, 4) is 0 Å². The zero-order valence-electron chi connectivity index (χ0n) is 10.8. The summed E-state index contributed by atoms with van der Waals surface area (Å²) in [4.78, 5) is 0. The van der Waals surface area contributed by atoms with Gasteiger partial charge in [-0.3, -0.25) is 0 Å². The van der Waals surface area contributed by atoms with E-state index < -0.39 is 0 Å². The van der Waals surface area contributed by atoms with E-state index in [1.165, 1.54) is 38.5 Å². The Morgan fingerprint density at radius 1 is 1.00 bits per heavy atom. The number of rotatable bonds is 11. The second-order valence-electron chi connectivity index (χ2n) is 4.30. The van der Waals surface area contributed by atoms with Gasteiger partial charge >= 0.3 is 0 Å². The molecule has 0 fully saturated rings. The average molecular weight is 215 g/mol. The van der Waals surface area contributed by atoms with Crippen LogP contribution in [0.2, 0.25) is 0 Å². The van der Waals surface area contributed by atoms with Crippen molar-refractivity contribution < 1.29 is 4.74 Å². The van der Waals surface area contributed by atoms with Crippen molar-refractivity contribution >= 4 is 0 Å². The first-order chi connectivity index (χ1) is 7.31. The lowest BCUT2D eigenvalue weighted by molar-refractivity contribution is 0.0632. The minimum Gasteiger partial charge on any atom is -0.377 e. The van der Waals surface area contributed by atoms with Crippen LogP contribution in [0.4, 0.5) is 0 Å². The number of unbranched alkanes of at least 4 members (excludes halogenated alkanes) is 4. The second kappa shape index (κ2) is 12.0. The molecule has 0 bridgehead atoms. The number of nitrogens with one attached hydrogen (secondary N) is 1. The molecule has 0 aliphatic rings. The SMILES string of the molecule is CCCCCCCOC(C)CNCCC. The summed E-state index contributed by atoms with van der Waals surface area (Å²) in [6, 6.07) is 0. The molecule has 0 saturated carbocycles. The van der Waals surface area contributed by atoms with Crippen molar-refractivity contribution in [2.45, 2.75) is 65.4 Å². The lowest BCUT2D eigenvalue weighted by Gasteiger charge is -2.13. The fourth-order valence-electron chi connectivity index (χ4n) is 1.53. The molecule has 0 heterocycles. The molecular formula is C13H29NO. The third-order valence-electron chi connectivity index (χ3n) is 2.51. The predicted octanol–water partition coefficient (Wildman–Crippen LogP) is 3.36. The van der Waals surface area contributed by atoms with Crippen LogP contribution in [-0.2, 0) is 4.74 Å². The molecule has 92 valence electrons. The van der Waals surface area contributed by atoms with Gasteiger partial charge in [-0.1, -0.05) is 39.5 Å². The number of hydrogen-bond acceptors (Lipinski definition) is 2. The Bertz CT molecular complexity index is 117. The fraction of sp³-hybridized carbons (Fsp3) is 1.00. The molecule has 0 aliphatic heterocycles. The molecule has 0 aromatic rings. The first kappa shape index (κ1) is 14.9. The van der Waals surface area contributed by atoms with Gasteiger partial charge in [0.2, 0.25) is 0 Å². The molecule has 0 spiro atoms. The summed E-state index contributed by atoms with van der Waals surface area (Å²) in [7, 11) is 0. The molecule has 2 nitrogen and oxygen atoms in total. The second-order valence-corrected chi connectivity index (χ2v) is 4.30. The van der Waals surface area contributed by atoms with Crippen LogP contribution >= 0.6 is 0 Å². The summed E-state index contributed by atoms with van der Waals surface area (Å²) in [5.41, 5.74) is 0. The summed E-state index contributed by atoms with van der Waals surface area (Å²) in [5, 5.41) is 3.37. The van der Waals surface area contributed by atoms with Gasteiger partial charge < -0.3 is 10.1 Å². The monoisotopic (exact) mass is 215 g/mol. The Balaban J connectivity index is 3.06. The van der Waals surface area contributed by atoms with Crippen molar-refractivity contribution in [2.24, 2.45) is 0 Å². The molecular weight excluding hydrogens is 186 g/mol. The molecule has 0 aromatic heterocycles.